The number of methoxy groups -OCH3 is 1. The summed E-state index contributed by atoms with van der Waals surface area (Å²) in [5, 5.41) is 7.22. The number of anilines is 1. The van der Waals surface area contributed by atoms with Crippen molar-refractivity contribution < 1.29 is 18.8 Å². The molecule has 0 bridgehead atoms. The van der Waals surface area contributed by atoms with Gasteiger partial charge in [0, 0.05) is 16.3 Å². The van der Waals surface area contributed by atoms with Gasteiger partial charge in [-0.05, 0) is 54.6 Å². The summed E-state index contributed by atoms with van der Waals surface area (Å²) in [6.45, 7) is -0.00357. The van der Waals surface area contributed by atoms with Crippen molar-refractivity contribution in [3.63, 3.8) is 0 Å². The summed E-state index contributed by atoms with van der Waals surface area (Å²) >= 11 is 6.09. The number of carbonyl (C=O) groups is 1. The van der Waals surface area contributed by atoms with Gasteiger partial charge in [-0.2, -0.15) is 4.98 Å². The zero-order chi connectivity index (χ0) is 21.6. The molecule has 1 aromatic heterocycles. The zero-order valence-corrected chi connectivity index (χ0v) is 17.3. The SMILES string of the molecule is COc1ccc(-c2noc(COc3ccc(Cl)cc3C(=O)Nc3ccccc3)n2)cc1. The Morgan fingerprint density at radius 1 is 1.06 bits per heavy atom. The molecule has 0 atom stereocenters. The summed E-state index contributed by atoms with van der Waals surface area (Å²) in [5.74, 6) is 1.45. The molecule has 1 N–H and O–H groups in total. The van der Waals surface area contributed by atoms with Gasteiger partial charge in [-0.3, -0.25) is 4.79 Å². The maximum atomic E-state index is 12.7. The van der Waals surface area contributed by atoms with Crippen molar-refractivity contribution >= 4 is 23.2 Å². The second-order valence-corrected chi connectivity index (χ2v) is 6.93. The molecule has 0 aliphatic carbocycles. The first-order valence-electron chi connectivity index (χ1n) is 9.38. The molecule has 3 aromatic carbocycles. The number of para-hydroxylation sites is 1. The standard InChI is InChI=1S/C23H18ClN3O4/c1-29-18-10-7-15(8-11-18)22-26-21(31-27-22)14-30-20-12-9-16(24)13-19(20)23(28)25-17-5-3-2-4-6-17/h2-13H,14H2,1H3,(H,25,28). The predicted octanol–water partition coefficient (Wildman–Crippen LogP) is 5.23. The van der Waals surface area contributed by atoms with Crippen molar-refractivity contribution in [1.82, 2.24) is 10.1 Å². The molecule has 7 nitrogen and oxygen atoms in total. The number of ether oxygens (including phenoxy) is 2. The van der Waals surface area contributed by atoms with Gasteiger partial charge in [-0.15, -0.1) is 0 Å². The van der Waals surface area contributed by atoms with Gasteiger partial charge in [0.05, 0.1) is 12.7 Å². The van der Waals surface area contributed by atoms with Gasteiger partial charge in [0.25, 0.3) is 11.8 Å². The number of nitrogens with one attached hydrogen (secondary N) is 1. The van der Waals surface area contributed by atoms with Crippen LogP contribution in [0.15, 0.2) is 77.3 Å². The minimum atomic E-state index is -0.340. The first-order valence-corrected chi connectivity index (χ1v) is 9.76. The monoisotopic (exact) mass is 435 g/mol. The fourth-order valence-corrected chi connectivity index (χ4v) is 3.01. The summed E-state index contributed by atoms with van der Waals surface area (Å²) in [4.78, 5) is 17.1. The van der Waals surface area contributed by atoms with Crippen molar-refractivity contribution in [2.24, 2.45) is 0 Å². The van der Waals surface area contributed by atoms with Gasteiger partial charge >= 0.3 is 0 Å². The third-order valence-corrected chi connectivity index (χ3v) is 4.62. The normalized spacial score (nSPS) is 10.5. The van der Waals surface area contributed by atoms with Gasteiger partial charge in [0.15, 0.2) is 6.61 Å². The molecule has 31 heavy (non-hydrogen) atoms. The highest BCUT2D eigenvalue weighted by molar-refractivity contribution is 6.31. The third kappa shape index (κ3) is 5.02. The molecule has 4 rings (SSSR count). The molecular formula is C23H18ClN3O4. The smallest absolute Gasteiger partial charge is 0.264 e. The summed E-state index contributed by atoms with van der Waals surface area (Å²) in [6.07, 6.45) is 0. The highest BCUT2D eigenvalue weighted by atomic mass is 35.5. The lowest BCUT2D eigenvalue weighted by molar-refractivity contribution is 0.102. The van der Waals surface area contributed by atoms with Crippen LogP contribution in [0.3, 0.4) is 0 Å². The number of hydrogen-bond acceptors (Lipinski definition) is 6. The van der Waals surface area contributed by atoms with Crippen LogP contribution in [0.5, 0.6) is 11.5 Å². The Hall–Kier alpha value is -3.84. The molecule has 4 aromatic rings. The molecule has 156 valence electrons. The van der Waals surface area contributed by atoms with Crippen LogP contribution < -0.4 is 14.8 Å². The van der Waals surface area contributed by atoms with Gasteiger partial charge in [-0.1, -0.05) is 35.0 Å². The molecule has 0 aliphatic rings. The van der Waals surface area contributed by atoms with Gasteiger partial charge in [-0.25, -0.2) is 0 Å². The van der Waals surface area contributed by atoms with E-state index in [0.717, 1.165) is 11.3 Å². The molecule has 0 fully saturated rings. The van der Waals surface area contributed by atoms with Gasteiger partial charge < -0.3 is 19.3 Å². The van der Waals surface area contributed by atoms with Crippen molar-refractivity contribution in [2.45, 2.75) is 6.61 Å². The number of aromatic nitrogens is 2. The van der Waals surface area contributed by atoms with Crippen LogP contribution in [-0.2, 0) is 6.61 Å². The van der Waals surface area contributed by atoms with E-state index in [4.69, 9.17) is 25.6 Å². The van der Waals surface area contributed by atoms with Crippen molar-refractivity contribution in [2.75, 3.05) is 12.4 Å². The van der Waals surface area contributed by atoms with E-state index in [1.165, 1.54) is 0 Å². The van der Waals surface area contributed by atoms with Crippen LogP contribution in [0, 0.1) is 0 Å². The number of amides is 1. The summed E-state index contributed by atoms with van der Waals surface area (Å²) in [7, 11) is 1.60. The predicted molar refractivity (Wildman–Crippen MR) is 116 cm³/mol. The number of carbonyl (C=O) groups excluding carboxylic acids is 1. The first-order chi connectivity index (χ1) is 15.1. The van der Waals surface area contributed by atoms with E-state index < -0.39 is 0 Å². The fraction of sp³-hybridized carbons (Fsp3) is 0.0870. The van der Waals surface area contributed by atoms with Crippen LogP contribution in [-0.4, -0.2) is 23.2 Å². The lowest BCUT2D eigenvalue weighted by Crippen LogP contribution is -2.13. The minimum Gasteiger partial charge on any atom is -0.497 e. The highest BCUT2D eigenvalue weighted by Crippen LogP contribution is 2.26. The minimum absolute atomic E-state index is 0.00357. The van der Waals surface area contributed by atoms with Crippen LogP contribution >= 0.6 is 11.6 Å². The van der Waals surface area contributed by atoms with E-state index in [0.29, 0.717) is 27.8 Å². The van der Waals surface area contributed by atoms with E-state index in [1.807, 2.05) is 42.5 Å². The molecular weight excluding hydrogens is 418 g/mol. The van der Waals surface area contributed by atoms with Crippen LogP contribution in [0.25, 0.3) is 11.4 Å². The molecule has 1 heterocycles. The summed E-state index contributed by atoms with van der Waals surface area (Å²) in [6, 6.07) is 21.2. The van der Waals surface area contributed by atoms with Gasteiger partial charge in [0.1, 0.15) is 11.5 Å². The maximum absolute atomic E-state index is 12.7. The second kappa shape index (κ2) is 9.32. The largest absolute Gasteiger partial charge is 0.497 e. The quantitative estimate of drug-likeness (QED) is 0.427. The Morgan fingerprint density at radius 2 is 1.84 bits per heavy atom. The molecule has 0 saturated heterocycles. The van der Waals surface area contributed by atoms with Gasteiger partial charge in [0.2, 0.25) is 5.82 Å². The number of rotatable bonds is 7. The van der Waals surface area contributed by atoms with Crippen molar-refractivity contribution in [1.29, 1.82) is 0 Å². The number of hydrogen-bond donors (Lipinski definition) is 1. The molecule has 0 unspecified atom stereocenters. The molecule has 0 spiro atoms. The summed E-state index contributed by atoms with van der Waals surface area (Å²) < 4.78 is 16.2. The number of halogens is 1. The second-order valence-electron chi connectivity index (χ2n) is 6.49. The van der Waals surface area contributed by atoms with E-state index in [-0.39, 0.29) is 18.4 Å². The van der Waals surface area contributed by atoms with Crippen molar-refractivity contribution in [3.8, 4) is 22.9 Å². The fourth-order valence-electron chi connectivity index (χ4n) is 2.84. The van der Waals surface area contributed by atoms with Crippen LogP contribution in [0.2, 0.25) is 5.02 Å². The molecule has 0 saturated carbocycles. The molecule has 0 radical (unpaired) electrons. The van der Waals surface area contributed by atoms with Crippen LogP contribution in [0.1, 0.15) is 16.2 Å². The Kier molecular flexibility index (Phi) is 6.14. The Balaban J connectivity index is 1.47. The average molecular weight is 436 g/mol. The topological polar surface area (TPSA) is 86.5 Å². The van der Waals surface area contributed by atoms with E-state index in [1.54, 1.807) is 37.4 Å². The van der Waals surface area contributed by atoms with Crippen LogP contribution in [0.4, 0.5) is 5.69 Å². The lowest BCUT2D eigenvalue weighted by Gasteiger charge is -2.11. The number of nitrogens with zero attached hydrogens (tertiary/aromatic N) is 2. The highest BCUT2D eigenvalue weighted by Gasteiger charge is 2.16. The molecule has 0 aliphatic heterocycles. The third-order valence-electron chi connectivity index (χ3n) is 4.39. The zero-order valence-electron chi connectivity index (χ0n) is 16.5. The maximum Gasteiger partial charge on any atom is 0.264 e. The Morgan fingerprint density at radius 3 is 2.58 bits per heavy atom. The van der Waals surface area contributed by atoms with E-state index >= 15 is 0 Å². The lowest BCUT2D eigenvalue weighted by atomic mass is 10.2. The first kappa shape index (κ1) is 20.4. The molecule has 8 heteroatoms. The average Bonchev–Trinajstić information content (AvgIpc) is 3.28. The van der Waals surface area contributed by atoms with E-state index in [2.05, 4.69) is 15.5 Å². The Bertz CT molecular complexity index is 1180. The summed E-state index contributed by atoms with van der Waals surface area (Å²) in [5.41, 5.74) is 1.75. The van der Waals surface area contributed by atoms with Crippen molar-refractivity contribution in [3.05, 3.63) is 89.3 Å². The number of benzene rings is 3. The Labute approximate surface area is 183 Å². The molecule has 1 amide bonds. The van der Waals surface area contributed by atoms with E-state index in [9.17, 15) is 4.79 Å².